The predicted molar refractivity (Wildman–Crippen MR) is 77.2 cm³/mol. The minimum atomic E-state index is -0.0842. The van der Waals surface area contributed by atoms with Crippen LogP contribution in [0.5, 0.6) is 5.75 Å². The van der Waals surface area contributed by atoms with E-state index < -0.39 is 0 Å². The van der Waals surface area contributed by atoms with Crippen molar-refractivity contribution in [1.29, 1.82) is 0 Å². The number of nitrogens with one attached hydrogen (secondary N) is 1. The van der Waals surface area contributed by atoms with Gasteiger partial charge in [-0.05, 0) is 31.4 Å². The standard InChI is InChI=1S/C16H21NO4/c18-16(11-21-13-4-2-1-3-5-13)17-12-6-7-14-15(10-12)20-9-8-19-14/h1-5,12,14-15H,6-11H2,(H,17,18)/t12-,14-,15+/m1/s1. The van der Waals surface area contributed by atoms with E-state index in [1.807, 2.05) is 30.3 Å². The second-order valence-electron chi connectivity index (χ2n) is 5.50. The zero-order chi connectivity index (χ0) is 14.5. The number of fused-ring (bicyclic) bond motifs is 1. The molecule has 5 nitrogen and oxygen atoms in total. The van der Waals surface area contributed by atoms with Gasteiger partial charge in [-0.2, -0.15) is 0 Å². The van der Waals surface area contributed by atoms with Crippen LogP contribution in [0.4, 0.5) is 0 Å². The van der Waals surface area contributed by atoms with Gasteiger partial charge in [0, 0.05) is 6.04 Å². The molecule has 1 aliphatic heterocycles. The van der Waals surface area contributed by atoms with Crippen LogP contribution in [0.1, 0.15) is 19.3 Å². The maximum Gasteiger partial charge on any atom is 0.258 e. The molecule has 1 heterocycles. The summed E-state index contributed by atoms with van der Waals surface area (Å²) in [5.74, 6) is 0.624. The van der Waals surface area contributed by atoms with E-state index in [1.165, 1.54) is 0 Å². The lowest BCUT2D eigenvalue weighted by Crippen LogP contribution is -2.49. The zero-order valence-electron chi connectivity index (χ0n) is 12.0. The van der Waals surface area contributed by atoms with Gasteiger partial charge < -0.3 is 19.5 Å². The van der Waals surface area contributed by atoms with E-state index in [2.05, 4.69) is 5.32 Å². The molecule has 1 N–H and O–H groups in total. The van der Waals surface area contributed by atoms with E-state index in [9.17, 15) is 4.79 Å². The summed E-state index contributed by atoms with van der Waals surface area (Å²) in [4.78, 5) is 11.9. The largest absolute Gasteiger partial charge is 0.484 e. The van der Waals surface area contributed by atoms with E-state index >= 15 is 0 Å². The molecule has 0 aromatic heterocycles. The van der Waals surface area contributed by atoms with E-state index in [0.717, 1.165) is 19.3 Å². The Morgan fingerprint density at radius 2 is 1.90 bits per heavy atom. The molecule has 0 bridgehead atoms. The van der Waals surface area contributed by atoms with Crippen molar-refractivity contribution in [1.82, 2.24) is 5.32 Å². The fourth-order valence-electron chi connectivity index (χ4n) is 2.93. The number of ether oxygens (including phenoxy) is 3. The Labute approximate surface area is 124 Å². The summed E-state index contributed by atoms with van der Waals surface area (Å²) in [5, 5.41) is 3.02. The summed E-state index contributed by atoms with van der Waals surface area (Å²) in [7, 11) is 0. The quantitative estimate of drug-likeness (QED) is 0.914. The van der Waals surface area contributed by atoms with Gasteiger partial charge in [0.2, 0.25) is 0 Å². The van der Waals surface area contributed by atoms with Gasteiger partial charge in [-0.3, -0.25) is 4.79 Å². The number of amides is 1. The molecule has 1 aromatic carbocycles. The summed E-state index contributed by atoms with van der Waals surface area (Å²) in [6.45, 7) is 1.38. The van der Waals surface area contributed by atoms with Crippen LogP contribution in [0, 0.1) is 0 Å². The maximum atomic E-state index is 11.9. The Balaban J connectivity index is 1.42. The van der Waals surface area contributed by atoms with Crippen molar-refractivity contribution in [3.05, 3.63) is 30.3 Å². The van der Waals surface area contributed by atoms with Crippen molar-refractivity contribution in [3.8, 4) is 5.75 Å². The highest BCUT2D eigenvalue weighted by atomic mass is 16.6. The van der Waals surface area contributed by atoms with Crippen molar-refractivity contribution >= 4 is 5.91 Å². The molecule has 1 aromatic rings. The minimum Gasteiger partial charge on any atom is -0.484 e. The molecule has 1 saturated heterocycles. The SMILES string of the molecule is O=C(COc1ccccc1)N[C@@H]1CC[C@H]2OCCO[C@H]2C1. The van der Waals surface area contributed by atoms with Crippen LogP contribution in [0.25, 0.3) is 0 Å². The molecule has 0 unspecified atom stereocenters. The van der Waals surface area contributed by atoms with Crippen molar-refractivity contribution in [2.24, 2.45) is 0 Å². The third-order valence-electron chi connectivity index (χ3n) is 3.96. The Morgan fingerprint density at radius 3 is 2.71 bits per heavy atom. The number of carbonyl (C=O) groups excluding carboxylic acids is 1. The van der Waals surface area contributed by atoms with Crippen LogP contribution in [0.15, 0.2) is 30.3 Å². The second kappa shape index (κ2) is 6.91. The Morgan fingerprint density at radius 1 is 1.14 bits per heavy atom. The molecule has 114 valence electrons. The summed E-state index contributed by atoms with van der Waals surface area (Å²) in [6.07, 6.45) is 3.01. The first kappa shape index (κ1) is 14.4. The molecular formula is C16H21NO4. The molecular weight excluding hydrogens is 270 g/mol. The number of hydrogen-bond donors (Lipinski definition) is 1. The smallest absolute Gasteiger partial charge is 0.258 e. The van der Waals surface area contributed by atoms with Gasteiger partial charge in [0.05, 0.1) is 25.4 Å². The third-order valence-corrected chi connectivity index (χ3v) is 3.96. The van der Waals surface area contributed by atoms with E-state index in [0.29, 0.717) is 19.0 Å². The maximum absolute atomic E-state index is 11.9. The van der Waals surface area contributed by atoms with Crippen LogP contribution < -0.4 is 10.1 Å². The summed E-state index contributed by atoms with van der Waals surface area (Å²) in [5.41, 5.74) is 0. The monoisotopic (exact) mass is 291 g/mol. The zero-order valence-corrected chi connectivity index (χ0v) is 12.0. The molecule has 2 aliphatic rings. The highest BCUT2D eigenvalue weighted by molar-refractivity contribution is 5.77. The Hall–Kier alpha value is -1.59. The van der Waals surface area contributed by atoms with Crippen LogP contribution in [-0.2, 0) is 14.3 Å². The van der Waals surface area contributed by atoms with Gasteiger partial charge >= 0.3 is 0 Å². The number of hydrogen-bond acceptors (Lipinski definition) is 4. The van der Waals surface area contributed by atoms with E-state index in [-0.39, 0.29) is 30.8 Å². The average molecular weight is 291 g/mol. The number of benzene rings is 1. The third kappa shape index (κ3) is 3.95. The van der Waals surface area contributed by atoms with Gasteiger partial charge in [0.25, 0.3) is 5.91 Å². The summed E-state index contributed by atoms with van der Waals surface area (Å²) < 4.78 is 16.8. The van der Waals surface area contributed by atoms with Gasteiger partial charge in [0.1, 0.15) is 5.75 Å². The van der Waals surface area contributed by atoms with Crippen LogP contribution in [-0.4, -0.2) is 44.0 Å². The van der Waals surface area contributed by atoms with Crippen molar-refractivity contribution in [2.45, 2.75) is 37.5 Å². The molecule has 0 spiro atoms. The highest BCUT2D eigenvalue weighted by Crippen LogP contribution is 2.26. The van der Waals surface area contributed by atoms with E-state index in [4.69, 9.17) is 14.2 Å². The molecule has 21 heavy (non-hydrogen) atoms. The van der Waals surface area contributed by atoms with Crippen LogP contribution in [0.2, 0.25) is 0 Å². The highest BCUT2D eigenvalue weighted by Gasteiger charge is 2.34. The lowest BCUT2D eigenvalue weighted by molar-refractivity contribution is -0.158. The number of carbonyl (C=O) groups is 1. The number of rotatable bonds is 4. The average Bonchev–Trinajstić information content (AvgIpc) is 2.54. The normalized spacial score (nSPS) is 28.5. The topological polar surface area (TPSA) is 56.8 Å². The summed E-state index contributed by atoms with van der Waals surface area (Å²) >= 11 is 0. The molecule has 3 rings (SSSR count). The molecule has 2 fully saturated rings. The molecule has 0 radical (unpaired) electrons. The molecule has 1 aliphatic carbocycles. The molecule has 1 saturated carbocycles. The lowest BCUT2D eigenvalue weighted by atomic mass is 9.89. The molecule has 5 heteroatoms. The predicted octanol–water partition coefficient (Wildman–Crippen LogP) is 1.52. The van der Waals surface area contributed by atoms with Gasteiger partial charge in [0.15, 0.2) is 6.61 Å². The lowest BCUT2D eigenvalue weighted by Gasteiger charge is -2.39. The van der Waals surface area contributed by atoms with Crippen molar-refractivity contribution < 1.29 is 19.0 Å². The van der Waals surface area contributed by atoms with Crippen LogP contribution in [0.3, 0.4) is 0 Å². The van der Waals surface area contributed by atoms with Crippen LogP contribution >= 0.6 is 0 Å². The first-order valence-corrected chi connectivity index (χ1v) is 7.51. The van der Waals surface area contributed by atoms with E-state index in [1.54, 1.807) is 0 Å². The Kier molecular flexibility index (Phi) is 4.72. The first-order valence-electron chi connectivity index (χ1n) is 7.51. The fraction of sp³-hybridized carbons (Fsp3) is 0.562. The molecule has 1 amide bonds. The summed E-state index contributed by atoms with van der Waals surface area (Å²) in [6, 6.07) is 9.51. The fourth-order valence-corrected chi connectivity index (χ4v) is 2.93. The van der Waals surface area contributed by atoms with Gasteiger partial charge in [-0.15, -0.1) is 0 Å². The second-order valence-corrected chi connectivity index (χ2v) is 5.50. The minimum absolute atomic E-state index is 0.0476. The first-order chi connectivity index (χ1) is 10.3. The van der Waals surface area contributed by atoms with Gasteiger partial charge in [-0.1, -0.05) is 18.2 Å². The van der Waals surface area contributed by atoms with Gasteiger partial charge in [-0.25, -0.2) is 0 Å². The van der Waals surface area contributed by atoms with Crippen molar-refractivity contribution in [3.63, 3.8) is 0 Å². The van der Waals surface area contributed by atoms with Crippen molar-refractivity contribution in [2.75, 3.05) is 19.8 Å². The number of para-hydroxylation sites is 1. The molecule has 3 atom stereocenters. The Bertz CT molecular complexity index is 465.